The van der Waals surface area contributed by atoms with Crippen LogP contribution in [0.5, 0.6) is 0 Å². The first-order valence-electron chi connectivity index (χ1n) is 8.58. The molecule has 0 saturated heterocycles. The van der Waals surface area contributed by atoms with E-state index in [1.165, 1.54) is 17.1 Å². The molecular weight excluding hydrogens is 346 g/mol. The maximum absolute atomic E-state index is 12.5. The molecule has 0 atom stereocenters. The molecule has 0 N–H and O–H groups in total. The van der Waals surface area contributed by atoms with Crippen molar-refractivity contribution < 1.29 is 9.32 Å². The van der Waals surface area contributed by atoms with Crippen LogP contribution in [0.1, 0.15) is 40.6 Å². The first-order chi connectivity index (χ1) is 13.2. The number of aromatic nitrogens is 7. The Labute approximate surface area is 153 Å². The first kappa shape index (κ1) is 15.6. The average Bonchev–Trinajstić information content (AvgIpc) is 3.11. The van der Waals surface area contributed by atoms with Gasteiger partial charge in [-0.3, -0.25) is 9.36 Å². The summed E-state index contributed by atoms with van der Waals surface area (Å²) in [5, 5.41) is 8.32. The van der Waals surface area contributed by atoms with Crippen molar-refractivity contribution in [1.29, 1.82) is 0 Å². The van der Waals surface area contributed by atoms with Crippen LogP contribution in [0.25, 0.3) is 17.3 Å². The molecular formula is C18H15N7O2. The van der Waals surface area contributed by atoms with Crippen molar-refractivity contribution in [2.45, 2.75) is 25.7 Å². The van der Waals surface area contributed by atoms with Gasteiger partial charge in [-0.05, 0) is 31.9 Å². The molecule has 4 aromatic heterocycles. The zero-order chi connectivity index (χ0) is 18.4. The van der Waals surface area contributed by atoms with Crippen molar-refractivity contribution in [1.82, 2.24) is 34.5 Å². The lowest BCUT2D eigenvalue weighted by molar-refractivity contribution is 0.0959. The van der Waals surface area contributed by atoms with Gasteiger partial charge in [-0.1, -0.05) is 5.16 Å². The number of pyridine rings is 1. The highest BCUT2D eigenvalue weighted by Gasteiger charge is 2.29. The minimum Gasteiger partial charge on any atom is -0.334 e. The van der Waals surface area contributed by atoms with Gasteiger partial charge in [0.2, 0.25) is 0 Å². The van der Waals surface area contributed by atoms with Crippen molar-refractivity contribution in [2.24, 2.45) is 0 Å². The number of rotatable bonds is 4. The predicted molar refractivity (Wildman–Crippen MR) is 93.3 cm³/mol. The molecule has 0 bridgehead atoms. The predicted octanol–water partition coefficient (Wildman–Crippen LogP) is 2.39. The van der Waals surface area contributed by atoms with E-state index in [-0.39, 0.29) is 5.91 Å². The Balaban J connectivity index is 1.42. The highest BCUT2D eigenvalue weighted by molar-refractivity contribution is 5.96. The fraction of sp³-hybridized carbons (Fsp3) is 0.222. The van der Waals surface area contributed by atoms with Crippen LogP contribution in [0.4, 0.5) is 0 Å². The van der Waals surface area contributed by atoms with Crippen LogP contribution >= 0.6 is 0 Å². The minimum absolute atomic E-state index is 0.189. The molecule has 4 heterocycles. The summed E-state index contributed by atoms with van der Waals surface area (Å²) in [6.45, 7) is 1.83. The molecule has 27 heavy (non-hydrogen) atoms. The van der Waals surface area contributed by atoms with Crippen LogP contribution in [-0.2, 0) is 0 Å². The van der Waals surface area contributed by atoms with E-state index in [0.29, 0.717) is 28.9 Å². The third kappa shape index (κ3) is 2.73. The lowest BCUT2D eigenvalue weighted by Crippen LogP contribution is -2.11. The normalized spacial score (nSPS) is 13.8. The summed E-state index contributed by atoms with van der Waals surface area (Å²) in [4.78, 5) is 25.3. The van der Waals surface area contributed by atoms with E-state index >= 15 is 0 Å². The summed E-state index contributed by atoms with van der Waals surface area (Å²) < 4.78 is 8.36. The Morgan fingerprint density at radius 1 is 1.26 bits per heavy atom. The number of nitrogens with zero attached hydrogens (tertiary/aromatic N) is 7. The Kier molecular flexibility index (Phi) is 3.46. The van der Waals surface area contributed by atoms with Gasteiger partial charge in [0.15, 0.2) is 11.6 Å². The van der Waals surface area contributed by atoms with Crippen molar-refractivity contribution in [3.63, 3.8) is 0 Å². The number of carbonyl (C=O) groups excluding carboxylic acids is 1. The second-order valence-electron chi connectivity index (χ2n) is 6.47. The SMILES string of the molecule is Cc1c(C(=O)n2ccnc2)cnn1-c1ccc(-c2nc(C3CC3)no2)cn1. The van der Waals surface area contributed by atoms with Gasteiger partial charge in [-0.2, -0.15) is 10.1 Å². The van der Waals surface area contributed by atoms with Crippen molar-refractivity contribution >= 4 is 5.91 Å². The zero-order valence-corrected chi connectivity index (χ0v) is 14.5. The summed E-state index contributed by atoms with van der Waals surface area (Å²) >= 11 is 0. The number of imidazole rings is 1. The van der Waals surface area contributed by atoms with Gasteiger partial charge in [0, 0.05) is 24.5 Å². The molecule has 1 saturated carbocycles. The third-order valence-corrected chi connectivity index (χ3v) is 4.58. The van der Waals surface area contributed by atoms with Crippen LogP contribution in [0.2, 0.25) is 0 Å². The van der Waals surface area contributed by atoms with Crippen LogP contribution < -0.4 is 0 Å². The van der Waals surface area contributed by atoms with E-state index < -0.39 is 0 Å². The summed E-state index contributed by atoms with van der Waals surface area (Å²) in [5.41, 5.74) is 1.94. The molecule has 4 aromatic rings. The van der Waals surface area contributed by atoms with E-state index in [1.807, 2.05) is 19.1 Å². The Morgan fingerprint density at radius 3 is 2.85 bits per heavy atom. The van der Waals surface area contributed by atoms with E-state index in [4.69, 9.17) is 4.52 Å². The molecule has 0 amide bonds. The van der Waals surface area contributed by atoms with Crippen LogP contribution in [0.15, 0.2) is 47.8 Å². The van der Waals surface area contributed by atoms with Crippen LogP contribution in [-0.4, -0.2) is 40.4 Å². The van der Waals surface area contributed by atoms with Gasteiger partial charge >= 0.3 is 0 Å². The summed E-state index contributed by atoms with van der Waals surface area (Å²) in [6, 6.07) is 3.66. The fourth-order valence-electron chi connectivity index (χ4n) is 2.87. The molecule has 1 fully saturated rings. The summed E-state index contributed by atoms with van der Waals surface area (Å²) in [6.07, 6.45) is 10.1. The smallest absolute Gasteiger partial charge is 0.266 e. The van der Waals surface area contributed by atoms with Gasteiger partial charge in [0.25, 0.3) is 11.8 Å². The molecule has 5 rings (SSSR count). The molecule has 0 unspecified atom stereocenters. The highest BCUT2D eigenvalue weighted by Crippen LogP contribution is 2.38. The van der Waals surface area contributed by atoms with Gasteiger partial charge < -0.3 is 4.52 Å². The Hall–Kier alpha value is -3.62. The van der Waals surface area contributed by atoms with E-state index in [9.17, 15) is 4.79 Å². The Bertz CT molecular complexity index is 1110. The topological polar surface area (TPSA) is 105 Å². The quantitative estimate of drug-likeness (QED) is 0.549. The summed E-state index contributed by atoms with van der Waals surface area (Å²) in [5.74, 6) is 2.07. The average molecular weight is 361 g/mol. The van der Waals surface area contributed by atoms with E-state index in [2.05, 4.69) is 25.2 Å². The lowest BCUT2D eigenvalue weighted by Gasteiger charge is -2.05. The standard InChI is InChI=1S/C18H15N7O2/c1-11-14(18(26)24-7-6-19-10-24)9-21-25(11)15-5-4-13(8-20-15)17-22-16(23-27-17)12-2-3-12/h4-10,12H,2-3H2,1H3. The number of hydrogen-bond acceptors (Lipinski definition) is 7. The lowest BCUT2D eigenvalue weighted by atomic mass is 10.2. The maximum atomic E-state index is 12.5. The van der Waals surface area contributed by atoms with Gasteiger partial charge in [0.05, 0.1) is 23.0 Å². The molecule has 0 aliphatic heterocycles. The molecule has 0 aromatic carbocycles. The Morgan fingerprint density at radius 2 is 2.15 bits per heavy atom. The largest absolute Gasteiger partial charge is 0.334 e. The molecule has 9 nitrogen and oxygen atoms in total. The third-order valence-electron chi connectivity index (χ3n) is 4.58. The molecule has 1 aliphatic carbocycles. The number of hydrogen-bond donors (Lipinski definition) is 0. The number of carbonyl (C=O) groups is 1. The fourth-order valence-corrected chi connectivity index (χ4v) is 2.87. The van der Waals surface area contributed by atoms with E-state index in [0.717, 1.165) is 24.2 Å². The highest BCUT2D eigenvalue weighted by atomic mass is 16.5. The monoisotopic (exact) mass is 361 g/mol. The van der Waals surface area contributed by atoms with Crippen molar-refractivity contribution in [3.05, 3.63) is 60.3 Å². The second-order valence-corrected chi connectivity index (χ2v) is 6.47. The maximum Gasteiger partial charge on any atom is 0.266 e. The first-order valence-corrected chi connectivity index (χ1v) is 8.58. The van der Waals surface area contributed by atoms with Crippen molar-refractivity contribution in [2.75, 3.05) is 0 Å². The molecule has 0 spiro atoms. The summed E-state index contributed by atoms with van der Waals surface area (Å²) in [7, 11) is 0. The van der Waals surface area contributed by atoms with Crippen LogP contribution in [0.3, 0.4) is 0 Å². The van der Waals surface area contributed by atoms with Gasteiger partial charge in [-0.15, -0.1) is 0 Å². The molecule has 1 aliphatic rings. The molecule has 0 radical (unpaired) electrons. The molecule has 9 heteroatoms. The van der Waals surface area contributed by atoms with Gasteiger partial charge in [-0.25, -0.2) is 14.6 Å². The zero-order valence-electron chi connectivity index (χ0n) is 14.5. The van der Waals surface area contributed by atoms with Crippen molar-refractivity contribution in [3.8, 4) is 17.3 Å². The van der Waals surface area contributed by atoms with Crippen LogP contribution in [0, 0.1) is 6.92 Å². The molecule has 134 valence electrons. The minimum atomic E-state index is -0.189. The van der Waals surface area contributed by atoms with E-state index in [1.54, 1.807) is 23.3 Å². The second kappa shape index (κ2) is 5.97. The van der Waals surface area contributed by atoms with Gasteiger partial charge in [0.1, 0.15) is 6.33 Å².